The van der Waals surface area contributed by atoms with Crippen LogP contribution in [0, 0.1) is 0 Å². The van der Waals surface area contributed by atoms with E-state index < -0.39 is 12.7 Å². The molecule has 2 atom stereocenters. The van der Waals surface area contributed by atoms with Crippen molar-refractivity contribution in [3.05, 3.63) is 0 Å². The molecule has 0 saturated carbocycles. The molecule has 1 saturated heterocycles. The molecule has 1 rings (SSSR count). The van der Waals surface area contributed by atoms with Crippen LogP contribution in [0.4, 0.5) is 8.78 Å². The van der Waals surface area contributed by atoms with Crippen LogP contribution in [0.1, 0.15) is 6.42 Å². The highest BCUT2D eigenvalue weighted by Crippen LogP contribution is 2.19. The van der Waals surface area contributed by atoms with E-state index >= 15 is 0 Å². The summed E-state index contributed by atoms with van der Waals surface area (Å²) in [7, 11) is 1.79. The van der Waals surface area contributed by atoms with Crippen LogP contribution < -0.4 is 0 Å². The van der Waals surface area contributed by atoms with E-state index in [9.17, 15) is 8.78 Å². The number of likely N-dealkylation sites (tertiary alicyclic amines) is 1. The Kier molecular flexibility index (Phi) is 3.37. The third-order valence-corrected chi connectivity index (χ3v) is 2.16. The molecule has 0 aromatic carbocycles. The van der Waals surface area contributed by atoms with E-state index in [2.05, 4.69) is 4.74 Å². The number of nitrogens with zero attached hydrogens (tertiary/aromatic N) is 1. The molecule has 0 radical (unpaired) electrons. The molecule has 12 heavy (non-hydrogen) atoms. The standard InChI is InChI=1S/C7H13F2NO2/c1-10-3-6(12-7(8)9)2-5(10)4-11/h5-7,11H,2-4H2,1H3/t5-,6+/m0/s1. The summed E-state index contributed by atoms with van der Waals surface area (Å²) < 4.78 is 27.8. The molecule has 0 amide bonds. The van der Waals surface area contributed by atoms with Gasteiger partial charge in [0.15, 0.2) is 0 Å². The van der Waals surface area contributed by atoms with Gasteiger partial charge in [-0.1, -0.05) is 0 Å². The minimum absolute atomic E-state index is 0.000399. The van der Waals surface area contributed by atoms with Gasteiger partial charge in [-0.25, -0.2) is 0 Å². The Morgan fingerprint density at radius 2 is 2.33 bits per heavy atom. The molecular weight excluding hydrogens is 168 g/mol. The maximum absolute atomic E-state index is 11.7. The topological polar surface area (TPSA) is 32.7 Å². The van der Waals surface area contributed by atoms with Crippen LogP contribution in [0.2, 0.25) is 0 Å². The van der Waals surface area contributed by atoms with Crippen LogP contribution in [0.3, 0.4) is 0 Å². The smallest absolute Gasteiger partial charge is 0.345 e. The highest BCUT2D eigenvalue weighted by Gasteiger charge is 2.31. The Labute approximate surface area is 69.9 Å². The van der Waals surface area contributed by atoms with E-state index in [-0.39, 0.29) is 12.6 Å². The molecule has 0 aliphatic carbocycles. The number of ether oxygens (including phenoxy) is 1. The average Bonchev–Trinajstić information content (AvgIpc) is 2.29. The van der Waals surface area contributed by atoms with Crippen molar-refractivity contribution < 1.29 is 18.6 Å². The van der Waals surface area contributed by atoms with Crippen molar-refractivity contribution in [2.24, 2.45) is 0 Å². The first-order valence-corrected chi connectivity index (χ1v) is 3.88. The first-order valence-electron chi connectivity index (χ1n) is 3.88. The number of aliphatic hydroxyl groups is 1. The predicted molar refractivity (Wildman–Crippen MR) is 39.0 cm³/mol. The van der Waals surface area contributed by atoms with E-state index in [0.29, 0.717) is 13.0 Å². The van der Waals surface area contributed by atoms with Crippen LogP contribution in [0.25, 0.3) is 0 Å². The number of rotatable bonds is 3. The molecule has 72 valence electrons. The summed E-state index contributed by atoms with van der Waals surface area (Å²) in [5.41, 5.74) is 0. The zero-order valence-corrected chi connectivity index (χ0v) is 6.91. The Morgan fingerprint density at radius 3 is 2.75 bits per heavy atom. The van der Waals surface area contributed by atoms with Gasteiger partial charge in [0.05, 0.1) is 12.7 Å². The largest absolute Gasteiger partial charge is 0.395 e. The first kappa shape index (κ1) is 9.83. The lowest BCUT2D eigenvalue weighted by Crippen LogP contribution is -2.28. The lowest BCUT2D eigenvalue weighted by molar-refractivity contribution is -0.158. The van der Waals surface area contributed by atoms with Crippen molar-refractivity contribution >= 4 is 0 Å². The quantitative estimate of drug-likeness (QED) is 0.679. The van der Waals surface area contributed by atoms with E-state index in [0.717, 1.165) is 0 Å². The second-order valence-corrected chi connectivity index (χ2v) is 3.03. The maximum atomic E-state index is 11.7. The highest BCUT2D eigenvalue weighted by atomic mass is 19.3. The normalized spacial score (nSPS) is 31.8. The van der Waals surface area contributed by atoms with Crippen LogP contribution in [-0.2, 0) is 4.74 Å². The molecular formula is C7H13F2NO2. The maximum Gasteiger partial charge on any atom is 0.345 e. The monoisotopic (exact) mass is 181 g/mol. The molecule has 0 aromatic rings. The second kappa shape index (κ2) is 4.11. The number of likely N-dealkylation sites (N-methyl/N-ethyl adjacent to an activating group) is 1. The van der Waals surface area contributed by atoms with Gasteiger partial charge in [-0.05, 0) is 13.5 Å². The van der Waals surface area contributed by atoms with Crippen molar-refractivity contribution in [3.8, 4) is 0 Å². The number of aliphatic hydroxyl groups excluding tert-OH is 1. The van der Waals surface area contributed by atoms with Crippen LogP contribution >= 0.6 is 0 Å². The molecule has 0 spiro atoms. The summed E-state index contributed by atoms with van der Waals surface area (Å²) in [4.78, 5) is 1.83. The number of halogens is 2. The second-order valence-electron chi connectivity index (χ2n) is 3.03. The third-order valence-electron chi connectivity index (χ3n) is 2.16. The highest BCUT2D eigenvalue weighted by molar-refractivity contribution is 4.83. The van der Waals surface area contributed by atoms with Crippen LogP contribution in [-0.4, -0.2) is 49.0 Å². The van der Waals surface area contributed by atoms with Gasteiger partial charge in [0.1, 0.15) is 0 Å². The van der Waals surface area contributed by atoms with Gasteiger partial charge in [0, 0.05) is 12.6 Å². The molecule has 0 bridgehead atoms. The molecule has 3 nitrogen and oxygen atoms in total. The van der Waals surface area contributed by atoms with Gasteiger partial charge in [-0.15, -0.1) is 0 Å². The van der Waals surface area contributed by atoms with Crippen molar-refractivity contribution in [2.75, 3.05) is 20.2 Å². The Bertz CT molecular complexity index is 145. The Morgan fingerprint density at radius 1 is 1.67 bits per heavy atom. The SMILES string of the molecule is CN1C[C@H](OC(F)F)C[C@H]1CO. The lowest BCUT2D eigenvalue weighted by atomic mass is 10.2. The zero-order valence-electron chi connectivity index (χ0n) is 6.91. The van der Waals surface area contributed by atoms with Crippen molar-refractivity contribution in [3.63, 3.8) is 0 Å². The molecule has 1 aliphatic rings. The van der Waals surface area contributed by atoms with Crippen LogP contribution in [0.5, 0.6) is 0 Å². The summed E-state index contributed by atoms with van der Waals surface area (Å²) in [5.74, 6) is 0. The first-order chi connectivity index (χ1) is 5.63. The Hall–Kier alpha value is -0.260. The van der Waals surface area contributed by atoms with Crippen molar-refractivity contribution in [2.45, 2.75) is 25.2 Å². The average molecular weight is 181 g/mol. The summed E-state index contributed by atoms with van der Waals surface area (Å²) in [6.07, 6.45) is 0.0456. The fraction of sp³-hybridized carbons (Fsp3) is 1.00. The number of hydrogen-bond donors (Lipinski definition) is 1. The Balaban J connectivity index is 2.33. The van der Waals surface area contributed by atoms with Gasteiger partial charge in [-0.3, -0.25) is 4.90 Å². The summed E-state index contributed by atoms with van der Waals surface area (Å²) in [6.45, 7) is -2.24. The summed E-state index contributed by atoms with van der Waals surface area (Å²) >= 11 is 0. The molecule has 0 aromatic heterocycles. The van der Waals surface area contributed by atoms with Gasteiger partial charge >= 0.3 is 6.61 Å². The lowest BCUT2D eigenvalue weighted by Gasteiger charge is -2.14. The van der Waals surface area contributed by atoms with Gasteiger partial charge < -0.3 is 9.84 Å². The molecule has 5 heteroatoms. The van der Waals surface area contributed by atoms with E-state index in [1.807, 2.05) is 4.90 Å². The third kappa shape index (κ3) is 2.36. The van der Waals surface area contributed by atoms with Gasteiger partial charge in [0.25, 0.3) is 0 Å². The van der Waals surface area contributed by atoms with Gasteiger partial charge in [0.2, 0.25) is 0 Å². The van der Waals surface area contributed by atoms with Gasteiger partial charge in [-0.2, -0.15) is 8.78 Å². The van der Waals surface area contributed by atoms with Crippen LogP contribution in [0.15, 0.2) is 0 Å². The van der Waals surface area contributed by atoms with Crippen molar-refractivity contribution in [1.29, 1.82) is 0 Å². The summed E-state index contributed by atoms with van der Waals surface area (Å²) in [6, 6.07) is -0.0336. The molecule has 1 fully saturated rings. The fourth-order valence-corrected chi connectivity index (χ4v) is 1.49. The van der Waals surface area contributed by atoms with E-state index in [4.69, 9.17) is 5.11 Å². The zero-order chi connectivity index (χ0) is 9.14. The molecule has 1 N–H and O–H groups in total. The minimum Gasteiger partial charge on any atom is -0.395 e. The number of hydrogen-bond acceptors (Lipinski definition) is 3. The molecule has 0 unspecified atom stereocenters. The van der Waals surface area contributed by atoms with E-state index in [1.165, 1.54) is 0 Å². The molecule has 1 aliphatic heterocycles. The minimum atomic E-state index is -2.71. The fourth-order valence-electron chi connectivity index (χ4n) is 1.49. The number of alkyl halides is 2. The molecule has 1 heterocycles. The predicted octanol–water partition coefficient (Wildman–Crippen LogP) is 0.291. The van der Waals surface area contributed by atoms with Crippen molar-refractivity contribution in [1.82, 2.24) is 4.90 Å². The summed E-state index contributed by atoms with van der Waals surface area (Å²) in [5, 5.41) is 8.80. The van der Waals surface area contributed by atoms with E-state index in [1.54, 1.807) is 7.05 Å².